The van der Waals surface area contributed by atoms with Crippen molar-refractivity contribution in [1.82, 2.24) is 10.6 Å². The number of hydrogen-bond donors (Lipinski definition) is 2. The monoisotopic (exact) mass is 375 g/mol. The summed E-state index contributed by atoms with van der Waals surface area (Å²) >= 11 is 0. The predicted molar refractivity (Wildman–Crippen MR) is 89.4 cm³/mol. The highest BCUT2D eigenvalue weighted by Gasteiger charge is 2.02. The molecule has 1 aliphatic rings. The van der Waals surface area contributed by atoms with Crippen LogP contribution in [0.4, 0.5) is 0 Å². The van der Waals surface area contributed by atoms with Crippen molar-refractivity contribution in [2.24, 2.45) is 4.99 Å². The molecule has 106 valence electrons. The molecule has 0 spiro atoms. The van der Waals surface area contributed by atoms with Gasteiger partial charge in [0, 0.05) is 19.6 Å². The van der Waals surface area contributed by atoms with Crippen molar-refractivity contribution >= 4 is 29.9 Å². The zero-order valence-electron chi connectivity index (χ0n) is 11.3. The topological polar surface area (TPSA) is 45.6 Å². The van der Waals surface area contributed by atoms with Gasteiger partial charge < -0.3 is 15.4 Å². The summed E-state index contributed by atoms with van der Waals surface area (Å²) in [5.41, 5.74) is 1.23. The number of benzene rings is 1. The number of nitrogens with zero attached hydrogens (tertiary/aromatic N) is 1. The molecule has 2 N–H and O–H groups in total. The highest BCUT2D eigenvalue weighted by molar-refractivity contribution is 14.0. The van der Waals surface area contributed by atoms with E-state index < -0.39 is 0 Å². The SMILES string of the molecule is CCCOc1ccc(CNC2=NCCCN2)cc1.I. The van der Waals surface area contributed by atoms with Gasteiger partial charge in [-0.3, -0.25) is 4.99 Å². The van der Waals surface area contributed by atoms with Crippen LogP contribution in [0.25, 0.3) is 0 Å². The number of rotatable bonds is 5. The third-order valence-electron chi connectivity index (χ3n) is 2.75. The molecule has 1 aromatic carbocycles. The van der Waals surface area contributed by atoms with Gasteiger partial charge in [-0.05, 0) is 30.5 Å². The fourth-order valence-corrected chi connectivity index (χ4v) is 1.76. The number of guanidine groups is 1. The molecule has 2 rings (SSSR count). The van der Waals surface area contributed by atoms with Crippen LogP contribution >= 0.6 is 24.0 Å². The first-order valence-electron chi connectivity index (χ1n) is 6.62. The molecular formula is C14H22IN3O. The Morgan fingerprint density at radius 1 is 1.32 bits per heavy atom. The first kappa shape index (κ1) is 16.1. The Morgan fingerprint density at radius 2 is 2.11 bits per heavy atom. The van der Waals surface area contributed by atoms with E-state index in [0.29, 0.717) is 0 Å². The Labute approximate surface area is 132 Å². The first-order chi connectivity index (χ1) is 8.88. The van der Waals surface area contributed by atoms with Gasteiger partial charge in [-0.1, -0.05) is 19.1 Å². The maximum absolute atomic E-state index is 5.55. The quantitative estimate of drug-likeness (QED) is 0.778. The second-order valence-electron chi connectivity index (χ2n) is 4.36. The van der Waals surface area contributed by atoms with Gasteiger partial charge in [0.25, 0.3) is 0 Å². The zero-order valence-corrected chi connectivity index (χ0v) is 13.6. The maximum atomic E-state index is 5.55. The average Bonchev–Trinajstić information content (AvgIpc) is 2.45. The van der Waals surface area contributed by atoms with E-state index in [1.807, 2.05) is 12.1 Å². The summed E-state index contributed by atoms with van der Waals surface area (Å²) in [5.74, 6) is 1.85. The van der Waals surface area contributed by atoms with Gasteiger partial charge in [-0.25, -0.2) is 0 Å². The van der Waals surface area contributed by atoms with Gasteiger partial charge in [0.15, 0.2) is 5.96 Å². The van der Waals surface area contributed by atoms with Crippen LogP contribution in [0.15, 0.2) is 29.3 Å². The second kappa shape index (κ2) is 9.01. The largest absolute Gasteiger partial charge is 0.494 e. The Balaban J connectivity index is 0.00000180. The number of hydrogen-bond acceptors (Lipinski definition) is 4. The average molecular weight is 375 g/mol. The zero-order chi connectivity index (χ0) is 12.6. The summed E-state index contributed by atoms with van der Waals surface area (Å²) in [6.45, 7) is 5.60. The van der Waals surface area contributed by atoms with Gasteiger partial charge in [0.1, 0.15) is 5.75 Å². The Hall–Kier alpha value is -0.980. The molecule has 1 heterocycles. The van der Waals surface area contributed by atoms with Crippen molar-refractivity contribution in [3.63, 3.8) is 0 Å². The smallest absolute Gasteiger partial charge is 0.191 e. The van der Waals surface area contributed by atoms with Crippen LogP contribution in [0.5, 0.6) is 5.75 Å². The molecule has 0 saturated carbocycles. The molecule has 1 aliphatic heterocycles. The van der Waals surface area contributed by atoms with Crippen molar-refractivity contribution in [3.05, 3.63) is 29.8 Å². The summed E-state index contributed by atoms with van der Waals surface area (Å²) in [6, 6.07) is 8.20. The number of nitrogens with one attached hydrogen (secondary N) is 2. The van der Waals surface area contributed by atoms with Gasteiger partial charge in [0.2, 0.25) is 0 Å². The molecule has 0 atom stereocenters. The molecule has 0 radical (unpaired) electrons. The van der Waals surface area contributed by atoms with Crippen LogP contribution in [-0.4, -0.2) is 25.7 Å². The van der Waals surface area contributed by atoms with Gasteiger partial charge in [-0.15, -0.1) is 24.0 Å². The molecule has 0 saturated heterocycles. The van der Waals surface area contributed by atoms with Crippen molar-refractivity contribution in [3.8, 4) is 5.75 Å². The molecule has 0 amide bonds. The van der Waals surface area contributed by atoms with E-state index in [-0.39, 0.29) is 24.0 Å². The van der Waals surface area contributed by atoms with Crippen molar-refractivity contribution in [2.75, 3.05) is 19.7 Å². The Bertz CT molecular complexity index is 392. The normalized spacial score (nSPS) is 13.8. The van der Waals surface area contributed by atoms with Crippen molar-refractivity contribution in [2.45, 2.75) is 26.3 Å². The van der Waals surface area contributed by atoms with Crippen LogP contribution in [0.1, 0.15) is 25.3 Å². The van der Waals surface area contributed by atoms with E-state index in [4.69, 9.17) is 4.74 Å². The van der Waals surface area contributed by atoms with E-state index in [1.54, 1.807) is 0 Å². The van der Waals surface area contributed by atoms with Crippen LogP contribution in [0, 0.1) is 0 Å². The lowest BCUT2D eigenvalue weighted by atomic mass is 10.2. The molecule has 0 unspecified atom stereocenters. The van der Waals surface area contributed by atoms with Crippen LogP contribution < -0.4 is 15.4 Å². The first-order valence-corrected chi connectivity index (χ1v) is 6.62. The van der Waals surface area contributed by atoms with Crippen LogP contribution in [-0.2, 0) is 6.54 Å². The minimum absolute atomic E-state index is 0. The standard InChI is InChI=1S/C14H21N3O.HI/c1-2-10-18-13-6-4-12(5-7-13)11-17-14-15-8-3-9-16-14;/h4-7H,2-3,8-11H2,1H3,(H2,15,16,17);1H. The molecule has 19 heavy (non-hydrogen) atoms. The summed E-state index contributed by atoms with van der Waals surface area (Å²) < 4.78 is 5.55. The van der Waals surface area contributed by atoms with E-state index in [0.717, 1.165) is 50.8 Å². The van der Waals surface area contributed by atoms with Crippen molar-refractivity contribution < 1.29 is 4.74 Å². The Morgan fingerprint density at radius 3 is 2.74 bits per heavy atom. The molecule has 0 bridgehead atoms. The number of ether oxygens (including phenoxy) is 1. The van der Waals surface area contributed by atoms with Crippen molar-refractivity contribution in [1.29, 1.82) is 0 Å². The lowest BCUT2D eigenvalue weighted by molar-refractivity contribution is 0.317. The lowest BCUT2D eigenvalue weighted by Crippen LogP contribution is -2.40. The third kappa shape index (κ3) is 5.67. The molecule has 4 nitrogen and oxygen atoms in total. The predicted octanol–water partition coefficient (Wildman–Crippen LogP) is 2.53. The third-order valence-corrected chi connectivity index (χ3v) is 2.75. The highest BCUT2D eigenvalue weighted by Crippen LogP contribution is 2.12. The fraction of sp³-hybridized carbons (Fsp3) is 0.500. The van der Waals surface area contributed by atoms with Crippen LogP contribution in [0.2, 0.25) is 0 Å². The summed E-state index contributed by atoms with van der Waals surface area (Å²) in [4.78, 5) is 4.37. The summed E-state index contributed by atoms with van der Waals surface area (Å²) in [6.07, 6.45) is 2.16. The van der Waals surface area contributed by atoms with Gasteiger partial charge in [0.05, 0.1) is 6.61 Å². The number of halogens is 1. The highest BCUT2D eigenvalue weighted by atomic mass is 127. The molecule has 1 aromatic rings. The fourth-order valence-electron chi connectivity index (χ4n) is 1.76. The van der Waals surface area contributed by atoms with E-state index >= 15 is 0 Å². The maximum Gasteiger partial charge on any atom is 0.191 e. The molecule has 0 aromatic heterocycles. The van der Waals surface area contributed by atoms with E-state index in [2.05, 4.69) is 34.7 Å². The molecule has 0 fully saturated rings. The molecular weight excluding hydrogens is 353 g/mol. The second-order valence-corrected chi connectivity index (χ2v) is 4.36. The molecule has 5 heteroatoms. The van der Waals surface area contributed by atoms with Crippen LogP contribution in [0.3, 0.4) is 0 Å². The minimum atomic E-state index is 0. The van der Waals surface area contributed by atoms with E-state index in [9.17, 15) is 0 Å². The number of aliphatic imine (C=N–C) groups is 1. The summed E-state index contributed by atoms with van der Waals surface area (Å²) in [7, 11) is 0. The van der Waals surface area contributed by atoms with Gasteiger partial charge in [-0.2, -0.15) is 0 Å². The van der Waals surface area contributed by atoms with E-state index in [1.165, 1.54) is 5.56 Å². The summed E-state index contributed by atoms with van der Waals surface area (Å²) in [5, 5.41) is 6.54. The lowest BCUT2D eigenvalue weighted by Gasteiger charge is -2.16. The molecule has 0 aliphatic carbocycles. The van der Waals surface area contributed by atoms with Gasteiger partial charge >= 0.3 is 0 Å². The minimum Gasteiger partial charge on any atom is -0.494 e. The Kier molecular flexibility index (Phi) is 7.62.